The predicted molar refractivity (Wildman–Crippen MR) is 77.6 cm³/mol. The third kappa shape index (κ3) is 3.62. The number of nitro benzene ring substituents is 1. The smallest absolute Gasteiger partial charge is 0.329 e. The Morgan fingerprint density at radius 1 is 1.30 bits per heavy atom. The van der Waals surface area contributed by atoms with Crippen LogP contribution >= 0.6 is 0 Å². The highest BCUT2D eigenvalue weighted by atomic mass is 16.7. The minimum Gasteiger partial charge on any atom is -0.490 e. The number of aliphatic imine (C=N–C) groups is 1. The van der Waals surface area contributed by atoms with Crippen LogP contribution in [-0.2, 0) is 19.1 Å². The summed E-state index contributed by atoms with van der Waals surface area (Å²) in [4.78, 5) is 37.7. The molecule has 0 saturated carbocycles. The van der Waals surface area contributed by atoms with Gasteiger partial charge in [-0.1, -0.05) is 0 Å². The monoisotopic (exact) mass is 322 g/mol. The molecule has 1 aromatic rings. The van der Waals surface area contributed by atoms with E-state index in [0.717, 1.165) is 6.21 Å². The quantitative estimate of drug-likeness (QED) is 0.272. The summed E-state index contributed by atoms with van der Waals surface area (Å²) in [7, 11) is 1.29. The van der Waals surface area contributed by atoms with Crippen LogP contribution in [-0.4, -0.2) is 36.0 Å². The Hall–Kier alpha value is -2.97. The minimum atomic E-state index is -1.31. The Balaban J connectivity index is 2.22. The molecule has 23 heavy (non-hydrogen) atoms. The molecular weight excluding hydrogens is 308 g/mol. The van der Waals surface area contributed by atoms with Crippen molar-refractivity contribution in [2.75, 3.05) is 7.11 Å². The van der Waals surface area contributed by atoms with Gasteiger partial charge in [0.2, 0.25) is 0 Å². The van der Waals surface area contributed by atoms with E-state index < -0.39 is 28.6 Å². The molecule has 2 rings (SSSR count). The van der Waals surface area contributed by atoms with Gasteiger partial charge in [0, 0.05) is 32.2 Å². The molecule has 1 fully saturated rings. The lowest BCUT2D eigenvalue weighted by Crippen LogP contribution is -2.46. The number of nitro groups is 1. The van der Waals surface area contributed by atoms with Gasteiger partial charge in [0.05, 0.1) is 17.7 Å². The first kappa shape index (κ1) is 16.4. The van der Waals surface area contributed by atoms with E-state index in [1.54, 1.807) is 0 Å². The lowest BCUT2D eigenvalue weighted by molar-refractivity contribution is -0.385. The van der Waals surface area contributed by atoms with Gasteiger partial charge in [-0.3, -0.25) is 24.7 Å². The van der Waals surface area contributed by atoms with E-state index in [4.69, 9.17) is 14.2 Å². The number of hydrogen-bond acceptors (Lipinski definition) is 8. The largest absolute Gasteiger partial charge is 0.490 e. The van der Waals surface area contributed by atoms with Crippen molar-refractivity contribution in [3.05, 3.63) is 28.3 Å². The molecule has 1 heterocycles. The van der Waals surface area contributed by atoms with E-state index in [9.17, 15) is 19.7 Å². The molecule has 9 heteroatoms. The molecule has 0 radical (unpaired) electrons. The number of cyclic esters (lactones) is 2. The molecule has 122 valence electrons. The van der Waals surface area contributed by atoms with Crippen LogP contribution < -0.4 is 4.74 Å². The van der Waals surface area contributed by atoms with Gasteiger partial charge in [-0.15, -0.1) is 0 Å². The second kappa shape index (κ2) is 6.03. The normalized spacial score (nSPS) is 17.7. The zero-order chi connectivity index (χ0) is 17.2. The zero-order valence-corrected chi connectivity index (χ0v) is 12.6. The van der Waals surface area contributed by atoms with Crippen molar-refractivity contribution in [1.82, 2.24) is 0 Å². The molecule has 1 saturated heterocycles. The molecule has 1 aliphatic heterocycles. The highest BCUT2D eigenvalue weighted by Gasteiger charge is 2.42. The summed E-state index contributed by atoms with van der Waals surface area (Å²) >= 11 is 0. The Morgan fingerprint density at radius 2 is 1.91 bits per heavy atom. The maximum atomic E-state index is 11.8. The van der Waals surface area contributed by atoms with Crippen LogP contribution in [0.3, 0.4) is 0 Å². The second-order valence-electron chi connectivity index (χ2n) is 5.11. The van der Waals surface area contributed by atoms with Gasteiger partial charge in [-0.2, -0.15) is 0 Å². The number of rotatable bonds is 4. The van der Waals surface area contributed by atoms with E-state index in [-0.39, 0.29) is 17.1 Å². The van der Waals surface area contributed by atoms with Crippen LogP contribution in [0.4, 0.5) is 11.4 Å². The van der Waals surface area contributed by atoms with Gasteiger partial charge in [0.15, 0.2) is 11.7 Å². The van der Waals surface area contributed by atoms with Crippen molar-refractivity contribution in [1.29, 1.82) is 0 Å². The van der Waals surface area contributed by atoms with Crippen molar-refractivity contribution < 1.29 is 28.7 Å². The van der Waals surface area contributed by atoms with E-state index in [1.807, 2.05) is 0 Å². The molecule has 0 unspecified atom stereocenters. The number of carbonyl (C=O) groups excluding carboxylic acids is 2. The van der Waals surface area contributed by atoms with Crippen molar-refractivity contribution in [2.24, 2.45) is 10.9 Å². The van der Waals surface area contributed by atoms with Gasteiger partial charge in [-0.05, 0) is 6.07 Å². The first-order chi connectivity index (χ1) is 10.7. The van der Waals surface area contributed by atoms with Gasteiger partial charge in [0.1, 0.15) is 0 Å². The van der Waals surface area contributed by atoms with Crippen molar-refractivity contribution in [3.63, 3.8) is 0 Å². The van der Waals surface area contributed by atoms with Crippen LogP contribution in [0.2, 0.25) is 0 Å². The molecule has 0 N–H and O–H groups in total. The first-order valence-electron chi connectivity index (χ1n) is 6.56. The maximum absolute atomic E-state index is 11.8. The average molecular weight is 322 g/mol. The van der Waals surface area contributed by atoms with E-state index in [1.165, 1.54) is 39.2 Å². The summed E-state index contributed by atoms with van der Waals surface area (Å²) in [5.41, 5.74) is 0.0579. The number of hydrogen-bond donors (Lipinski definition) is 0. The Bertz CT molecular complexity index is 676. The Labute approximate surface area is 131 Å². The molecule has 1 aromatic carbocycles. The Morgan fingerprint density at radius 3 is 2.43 bits per heavy atom. The summed E-state index contributed by atoms with van der Waals surface area (Å²) in [6.07, 6.45) is 1.07. The van der Waals surface area contributed by atoms with Crippen molar-refractivity contribution in [2.45, 2.75) is 19.6 Å². The minimum absolute atomic E-state index is 0.0135. The van der Waals surface area contributed by atoms with Gasteiger partial charge in [0.25, 0.3) is 5.79 Å². The van der Waals surface area contributed by atoms with Crippen LogP contribution in [0.5, 0.6) is 5.75 Å². The SMILES string of the molecule is COc1cc(N=CC2C(=O)OC(C)(C)OC2=O)ccc1[N+](=O)[O-]. The molecule has 1 aliphatic rings. The summed E-state index contributed by atoms with van der Waals surface area (Å²) < 4.78 is 14.8. The number of benzene rings is 1. The van der Waals surface area contributed by atoms with E-state index in [2.05, 4.69) is 4.99 Å². The maximum Gasteiger partial charge on any atom is 0.329 e. The van der Waals surface area contributed by atoms with Crippen LogP contribution in [0, 0.1) is 16.0 Å². The predicted octanol–water partition coefficient (Wildman–Crippen LogP) is 1.76. The van der Waals surface area contributed by atoms with Crippen LogP contribution in [0.1, 0.15) is 13.8 Å². The van der Waals surface area contributed by atoms with Gasteiger partial charge in [-0.25, -0.2) is 0 Å². The topological polar surface area (TPSA) is 117 Å². The summed E-state index contributed by atoms with van der Waals surface area (Å²) in [6, 6.07) is 3.89. The van der Waals surface area contributed by atoms with Crippen LogP contribution in [0.15, 0.2) is 23.2 Å². The number of carbonyl (C=O) groups is 2. The fourth-order valence-electron chi connectivity index (χ4n) is 1.91. The third-order valence-electron chi connectivity index (χ3n) is 2.93. The number of nitrogens with zero attached hydrogens (tertiary/aromatic N) is 2. The fraction of sp³-hybridized carbons (Fsp3) is 0.357. The highest BCUT2D eigenvalue weighted by molar-refractivity contribution is 6.10. The lowest BCUT2D eigenvalue weighted by atomic mass is 10.1. The van der Waals surface area contributed by atoms with E-state index in [0.29, 0.717) is 0 Å². The van der Waals surface area contributed by atoms with Gasteiger partial charge < -0.3 is 14.2 Å². The third-order valence-corrected chi connectivity index (χ3v) is 2.93. The molecule has 0 amide bonds. The number of ether oxygens (including phenoxy) is 3. The van der Waals surface area contributed by atoms with Crippen LogP contribution in [0.25, 0.3) is 0 Å². The average Bonchev–Trinajstić information content (AvgIpc) is 2.44. The molecule has 0 aromatic heterocycles. The summed E-state index contributed by atoms with van der Waals surface area (Å²) in [5, 5.41) is 10.8. The molecular formula is C14H14N2O7. The second-order valence-corrected chi connectivity index (χ2v) is 5.11. The molecule has 9 nitrogen and oxygen atoms in total. The number of esters is 2. The molecule has 0 spiro atoms. The lowest BCUT2D eigenvalue weighted by Gasteiger charge is -2.31. The standard InChI is InChI=1S/C14H14N2O7/c1-14(2)22-12(17)9(13(18)23-14)7-15-8-4-5-10(16(19)20)11(6-8)21-3/h4-7,9H,1-3H3. The highest BCUT2D eigenvalue weighted by Crippen LogP contribution is 2.31. The van der Waals surface area contributed by atoms with E-state index >= 15 is 0 Å². The van der Waals surface area contributed by atoms with Crippen molar-refractivity contribution in [3.8, 4) is 5.75 Å². The van der Waals surface area contributed by atoms with Gasteiger partial charge >= 0.3 is 17.6 Å². The zero-order valence-electron chi connectivity index (χ0n) is 12.6. The molecule has 0 bridgehead atoms. The first-order valence-corrected chi connectivity index (χ1v) is 6.56. The Kier molecular flexibility index (Phi) is 4.30. The summed E-state index contributed by atoms with van der Waals surface area (Å²) in [6.45, 7) is 2.88. The van der Waals surface area contributed by atoms with Crippen molar-refractivity contribution >= 4 is 29.5 Å². The molecule has 0 atom stereocenters. The number of methoxy groups -OCH3 is 1. The fourth-order valence-corrected chi connectivity index (χ4v) is 1.91. The summed E-state index contributed by atoms with van der Waals surface area (Å²) in [5.74, 6) is -4.13. The molecule has 0 aliphatic carbocycles.